The van der Waals surface area contributed by atoms with Crippen LogP contribution < -0.4 is 10.6 Å². The summed E-state index contributed by atoms with van der Waals surface area (Å²) in [6.45, 7) is 4.28. The van der Waals surface area contributed by atoms with Crippen molar-refractivity contribution >= 4 is 11.9 Å². The molecule has 0 unspecified atom stereocenters. The summed E-state index contributed by atoms with van der Waals surface area (Å²) < 4.78 is 0. The van der Waals surface area contributed by atoms with Gasteiger partial charge in [0.15, 0.2) is 5.96 Å². The van der Waals surface area contributed by atoms with Gasteiger partial charge in [0.25, 0.3) is 5.91 Å². The number of pyridine rings is 1. The first-order valence-electron chi connectivity index (χ1n) is 9.33. The predicted octanol–water partition coefficient (Wildman–Crippen LogP) is 2.12. The minimum atomic E-state index is 0.0224. The summed E-state index contributed by atoms with van der Waals surface area (Å²) in [7, 11) is 3.53. The van der Waals surface area contributed by atoms with Crippen LogP contribution in [0.5, 0.6) is 0 Å². The average Bonchev–Trinajstić information content (AvgIpc) is 2.68. The zero-order valence-corrected chi connectivity index (χ0v) is 16.4. The third kappa shape index (κ3) is 7.09. The molecule has 0 radical (unpaired) electrons. The van der Waals surface area contributed by atoms with E-state index in [2.05, 4.69) is 20.6 Å². The van der Waals surface area contributed by atoms with Gasteiger partial charge in [0.2, 0.25) is 0 Å². The van der Waals surface area contributed by atoms with Crippen LogP contribution in [0.15, 0.2) is 53.7 Å². The van der Waals surface area contributed by atoms with Crippen LogP contribution in [0, 0.1) is 0 Å². The first-order valence-corrected chi connectivity index (χ1v) is 9.33. The summed E-state index contributed by atoms with van der Waals surface area (Å²) in [6, 6.07) is 13.7. The van der Waals surface area contributed by atoms with E-state index in [0.29, 0.717) is 12.1 Å². The molecule has 0 saturated heterocycles. The molecule has 0 atom stereocenters. The van der Waals surface area contributed by atoms with Crippen LogP contribution in [0.3, 0.4) is 0 Å². The minimum Gasteiger partial charge on any atom is -0.357 e. The molecule has 0 aliphatic rings. The maximum Gasteiger partial charge on any atom is 0.253 e. The second kappa shape index (κ2) is 11.0. The Bertz CT molecular complexity index is 743. The van der Waals surface area contributed by atoms with Gasteiger partial charge in [0.05, 0.1) is 0 Å². The fourth-order valence-electron chi connectivity index (χ4n) is 2.61. The molecule has 6 heteroatoms. The molecular weight excluding hydrogens is 338 g/mol. The van der Waals surface area contributed by atoms with Crippen molar-refractivity contribution < 1.29 is 4.79 Å². The smallest absolute Gasteiger partial charge is 0.253 e. The number of amides is 1. The Kier molecular flexibility index (Phi) is 8.29. The van der Waals surface area contributed by atoms with E-state index >= 15 is 0 Å². The van der Waals surface area contributed by atoms with Crippen LogP contribution in [0.4, 0.5) is 0 Å². The van der Waals surface area contributed by atoms with E-state index in [0.717, 1.165) is 43.1 Å². The van der Waals surface area contributed by atoms with Crippen molar-refractivity contribution in [1.29, 1.82) is 0 Å². The van der Waals surface area contributed by atoms with Gasteiger partial charge in [-0.25, -0.2) is 0 Å². The summed E-state index contributed by atoms with van der Waals surface area (Å²) in [5, 5.41) is 6.61. The van der Waals surface area contributed by atoms with Gasteiger partial charge in [0, 0.05) is 57.6 Å². The van der Waals surface area contributed by atoms with E-state index in [1.54, 1.807) is 25.2 Å². The van der Waals surface area contributed by atoms with Crippen molar-refractivity contribution in [3.05, 3.63) is 65.5 Å². The Morgan fingerprint density at radius 3 is 2.67 bits per heavy atom. The molecule has 1 amide bonds. The third-order valence-corrected chi connectivity index (χ3v) is 3.99. The highest BCUT2D eigenvalue weighted by molar-refractivity contribution is 5.94. The van der Waals surface area contributed by atoms with Crippen LogP contribution >= 0.6 is 0 Å². The molecule has 2 N–H and O–H groups in total. The topological polar surface area (TPSA) is 69.6 Å². The number of hydrogen-bond acceptors (Lipinski definition) is 3. The molecule has 0 bridgehead atoms. The highest BCUT2D eigenvalue weighted by Gasteiger charge is 2.08. The number of nitrogens with zero attached hydrogens (tertiary/aromatic N) is 3. The molecular formula is C21H29N5O. The van der Waals surface area contributed by atoms with Crippen LogP contribution in [0.25, 0.3) is 0 Å². The molecule has 0 aliphatic carbocycles. The highest BCUT2D eigenvalue weighted by atomic mass is 16.2. The Morgan fingerprint density at radius 2 is 1.96 bits per heavy atom. The quantitative estimate of drug-likeness (QED) is 0.554. The van der Waals surface area contributed by atoms with Crippen molar-refractivity contribution in [2.45, 2.75) is 19.8 Å². The van der Waals surface area contributed by atoms with Crippen molar-refractivity contribution in [3.63, 3.8) is 0 Å². The van der Waals surface area contributed by atoms with E-state index in [1.807, 2.05) is 49.4 Å². The molecule has 2 rings (SSSR count). The van der Waals surface area contributed by atoms with Crippen LogP contribution in [0.1, 0.15) is 28.5 Å². The fourth-order valence-corrected chi connectivity index (χ4v) is 2.61. The van der Waals surface area contributed by atoms with Gasteiger partial charge in [-0.05, 0) is 43.2 Å². The molecule has 1 aromatic heterocycles. The lowest BCUT2D eigenvalue weighted by atomic mass is 10.1. The largest absolute Gasteiger partial charge is 0.357 e. The summed E-state index contributed by atoms with van der Waals surface area (Å²) in [5.41, 5.74) is 2.88. The first-order chi connectivity index (χ1) is 13.1. The Labute approximate surface area is 161 Å². The minimum absolute atomic E-state index is 0.0224. The summed E-state index contributed by atoms with van der Waals surface area (Å²) in [5.74, 6) is 0.822. The number of carbonyl (C=O) groups is 1. The molecule has 0 fully saturated rings. The van der Waals surface area contributed by atoms with Gasteiger partial charge in [-0.3, -0.25) is 14.8 Å². The van der Waals surface area contributed by atoms with Gasteiger partial charge >= 0.3 is 0 Å². The second-order valence-electron chi connectivity index (χ2n) is 6.41. The van der Waals surface area contributed by atoms with Gasteiger partial charge < -0.3 is 15.5 Å². The lowest BCUT2D eigenvalue weighted by Gasteiger charge is -2.13. The molecule has 1 aromatic carbocycles. The molecule has 0 aliphatic heterocycles. The number of rotatable bonds is 8. The SMILES string of the molecule is CCNC(=NCCc1ccccn1)NCCc1cccc(C(=O)N(C)C)c1. The maximum absolute atomic E-state index is 12.1. The maximum atomic E-state index is 12.1. The van der Waals surface area contributed by atoms with Crippen LogP contribution in [0.2, 0.25) is 0 Å². The lowest BCUT2D eigenvalue weighted by molar-refractivity contribution is 0.0827. The Morgan fingerprint density at radius 1 is 1.11 bits per heavy atom. The van der Waals surface area contributed by atoms with E-state index in [1.165, 1.54) is 0 Å². The Balaban J connectivity index is 1.86. The van der Waals surface area contributed by atoms with Crippen molar-refractivity contribution in [2.24, 2.45) is 4.99 Å². The van der Waals surface area contributed by atoms with Gasteiger partial charge in [-0.1, -0.05) is 18.2 Å². The van der Waals surface area contributed by atoms with Gasteiger partial charge in [-0.15, -0.1) is 0 Å². The number of aromatic nitrogens is 1. The second-order valence-corrected chi connectivity index (χ2v) is 6.41. The molecule has 144 valence electrons. The fraction of sp³-hybridized carbons (Fsp3) is 0.381. The van der Waals surface area contributed by atoms with Gasteiger partial charge in [0.1, 0.15) is 0 Å². The van der Waals surface area contributed by atoms with Crippen LogP contribution in [-0.4, -0.2) is 55.5 Å². The molecule has 2 aromatic rings. The average molecular weight is 367 g/mol. The predicted molar refractivity (Wildman–Crippen MR) is 110 cm³/mol. The first kappa shape index (κ1) is 20.4. The molecule has 6 nitrogen and oxygen atoms in total. The summed E-state index contributed by atoms with van der Waals surface area (Å²) >= 11 is 0. The monoisotopic (exact) mass is 367 g/mol. The van der Waals surface area contributed by atoms with E-state index in [9.17, 15) is 4.79 Å². The lowest BCUT2D eigenvalue weighted by Crippen LogP contribution is -2.38. The van der Waals surface area contributed by atoms with Crippen LogP contribution in [-0.2, 0) is 12.8 Å². The molecule has 1 heterocycles. The summed E-state index contributed by atoms with van der Waals surface area (Å²) in [6.07, 6.45) is 3.43. The number of hydrogen-bond donors (Lipinski definition) is 2. The highest BCUT2D eigenvalue weighted by Crippen LogP contribution is 2.07. The third-order valence-electron chi connectivity index (χ3n) is 3.99. The molecule has 0 saturated carbocycles. The Hall–Kier alpha value is -2.89. The van der Waals surface area contributed by atoms with Crippen molar-refractivity contribution in [3.8, 4) is 0 Å². The number of benzene rings is 1. The molecule has 27 heavy (non-hydrogen) atoms. The van der Waals surface area contributed by atoms with Gasteiger partial charge in [-0.2, -0.15) is 0 Å². The molecule has 0 spiro atoms. The number of nitrogens with one attached hydrogen (secondary N) is 2. The number of aliphatic imine (C=N–C) groups is 1. The number of carbonyl (C=O) groups excluding carboxylic acids is 1. The van der Waals surface area contributed by atoms with Crippen molar-refractivity contribution in [1.82, 2.24) is 20.5 Å². The zero-order chi connectivity index (χ0) is 19.5. The van der Waals surface area contributed by atoms with Crippen molar-refractivity contribution in [2.75, 3.05) is 33.7 Å². The summed E-state index contributed by atoms with van der Waals surface area (Å²) in [4.78, 5) is 22.6. The van der Waals surface area contributed by atoms with E-state index in [-0.39, 0.29) is 5.91 Å². The standard InChI is InChI=1S/C21H29N5O/c1-4-22-21(25-15-12-19-10-5-6-13-23-19)24-14-11-17-8-7-9-18(16-17)20(27)26(2)3/h5-10,13,16H,4,11-12,14-15H2,1-3H3,(H2,22,24,25). The number of guanidine groups is 1. The van der Waals surface area contributed by atoms with E-state index < -0.39 is 0 Å². The zero-order valence-electron chi connectivity index (χ0n) is 16.4. The van der Waals surface area contributed by atoms with E-state index in [4.69, 9.17) is 0 Å². The normalized spacial score (nSPS) is 11.1.